The summed E-state index contributed by atoms with van der Waals surface area (Å²) in [5.41, 5.74) is 1.93. The van der Waals surface area contributed by atoms with E-state index in [1.807, 2.05) is 38.1 Å². The van der Waals surface area contributed by atoms with E-state index in [4.69, 9.17) is 0 Å². The van der Waals surface area contributed by atoms with Gasteiger partial charge in [0.1, 0.15) is 0 Å². The van der Waals surface area contributed by atoms with Crippen molar-refractivity contribution in [2.45, 2.75) is 39.5 Å². The zero-order chi connectivity index (χ0) is 12.5. The molecule has 1 saturated heterocycles. The Hall–Kier alpha value is -1.15. The molecule has 1 N–H and O–H groups in total. The zero-order valence-corrected chi connectivity index (χ0v) is 11.0. The predicted molar refractivity (Wildman–Crippen MR) is 72.5 cm³/mol. The Morgan fingerprint density at radius 2 is 1.82 bits per heavy atom. The summed E-state index contributed by atoms with van der Waals surface area (Å²) in [5, 5.41) is 3.28. The van der Waals surface area contributed by atoms with Crippen LogP contribution in [0.15, 0.2) is 24.3 Å². The number of hydrogen-bond donors (Lipinski definition) is 1. The number of benzene rings is 1. The van der Waals surface area contributed by atoms with Gasteiger partial charge in [0.15, 0.2) is 5.78 Å². The molecular formula is C15H23NO. The molecule has 1 aliphatic heterocycles. The Labute approximate surface area is 104 Å². The molecule has 1 fully saturated rings. The highest BCUT2D eigenvalue weighted by molar-refractivity contribution is 5.97. The molecule has 1 aliphatic rings. The van der Waals surface area contributed by atoms with E-state index in [2.05, 4.69) is 5.32 Å². The monoisotopic (exact) mass is 233 g/mol. The maximum Gasteiger partial charge on any atom is 0.162 e. The van der Waals surface area contributed by atoms with Crippen LogP contribution in [0.3, 0.4) is 0 Å². The highest BCUT2D eigenvalue weighted by Gasteiger charge is 2.03. The maximum absolute atomic E-state index is 11.2. The summed E-state index contributed by atoms with van der Waals surface area (Å²) in [6.07, 6.45) is 4.80. The highest BCUT2D eigenvalue weighted by atomic mass is 16.1. The fourth-order valence-electron chi connectivity index (χ4n) is 1.88. The van der Waals surface area contributed by atoms with Crippen LogP contribution in [0, 0.1) is 6.92 Å². The van der Waals surface area contributed by atoms with Gasteiger partial charge in [-0.1, -0.05) is 37.6 Å². The lowest BCUT2D eigenvalue weighted by Gasteiger charge is -2.08. The molecule has 0 bridgehead atoms. The molecule has 0 aromatic heterocycles. The second-order valence-corrected chi connectivity index (χ2v) is 4.40. The number of ketones is 1. The van der Waals surface area contributed by atoms with Crippen molar-refractivity contribution in [1.29, 1.82) is 0 Å². The second-order valence-electron chi connectivity index (χ2n) is 4.40. The first-order valence-corrected chi connectivity index (χ1v) is 6.55. The number of hydrogen-bond acceptors (Lipinski definition) is 2. The molecule has 0 spiro atoms. The van der Waals surface area contributed by atoms with Crippen molar-refractivity contribution in [3.8, 4) is 0 Å². The summed E-state index contributed by atoms with van der Waals surface area (Å²) >= 11 is 0. The largest absolute Gasteiger partial charge is 0.317 e. The summed E-state index contributed by atoms with van der Waals surface area (Å²) in [4.78, 5) is 11.2. The van der Waals surface area contributed by atoms with Gasteiger partial charge in [0.05, 0.1) is 0 Å². The predicted octanol–water partition coefficient (Wildman–Crippen LogP) is 3.35. The van der Waals surface area contributed by atoms with Crippen LogP contribution in [-0.4, -0.2) is 18.9 Å². The average molecular weight is 233 g/mol. The summed E-state index contributed by atoms with van der Waals surface area (Å²) in [6.45, 7) is 6.34. The third kappa shape index (κ3) is 5.14. The van der Waals surface area contributed by atoms with E-state index >= 15 is 0 Å². The molecule has 1 heterocycles. The Bertz CT molecular complexity index is 331. The van der Waals surface area contributed by atoms with E-state index in [0.717, 1.165) is 11.1 Å². The standard InChI is InChI=1S/C10H12O.C5H11N/c1-3-10(11)9-7-5-4-6-8(9)2;1-2-4-6-5-3-1/h4-7H,3H2,1-2H3;6H,1-5H2. The van der Waals surface area contributed by atoms with E-state index in [9.17, 15) is 4.79 Å². The van der Waals surface area contributed by atoms with E-state index in [1.54, 1.807) is 0 Å². The van der Waals surface area contributed by atoms with Gasteiger partial charge in [-0.2, -0.15) is 0 Å². The van der Waals surface area contributed by atoms with Gasteiger partial charge in [0.25, 0.3) is 0 Å². The van der Waals surface area contributed by atoms with Crippen LogP contribution >= 0.6 is 0 Å². The molecule has 0 unspecified atom stereocenters. The molecule has 0 atom stereocenters. The van der Waals surface area contributed by atoms with E-state index in [1.165, 1.54) is 32.4 Å². The van der Waals surface area contributed by atoms with Crippen molar-refractivity contribution in [2.24, 2.45) is 0 Å². The first kappa shape index (κ1) is 13.9. The molecule has 17 heavy (non-hydrogen) atoms. The van der Waals surface area contributed by atoms with Crippen LogP contribution < -0.4 is 5.32 Å². The van der Waals surface area contributed by atoms with Crippen molar-refractivity contribution in [3.63, 3.8) is 0 Å². The van der Waals surface area contributed by atoms with Gasteiger partial charge in [-0.05, 0) is 38.4 Å². The lowest BCUT2D eigenvalue weighted by atomic mass is 10.0. The van der Waals surface area contributed by atoms with Crippen LogP contribution in [0.4, 0.5) is 0 Å². The van der Waals surface area contributed by atoms with Crippen molar-refractivity contribution >= 4 is 5.78 Å². The third-order valence-corrected chi connectivity index (χ3v) is 2.97. The van der Waals surface area contributed by atoms with Gasteiger partial charge in [-0.25, -0.2) is 0 Å². The molecule has 1 aromatic carbocycles. The molecule has 2 nitrogen and oxygen atoms in total. The molecule has 0 saturated carbocycles. The number of rotatable bonds is 2. The number of Topliss-reactive ketones (excluding diaryl/α,β-unsaturated/α-hetero) is 1. The number of carbonyl (C=O) groups is 1. The molecule has 94 valence electrons. The molecule has 0 radical (unpaired) electrons. The second kappa shape index (κ2) is 8.02. The van der Waals surface area contributed by atoms with E-state index in [0.29, 0.717) is 6.42 Å². The molecule has 2 rings (SSSR count). The minimum Gasteiger partial charge on any atom is -0.317 e. The minimum absolute atomic E-state index is 0.225. The van der Waals surface area contributed by atoms with Crippen molar-refractivity contribution < 1.29 is 4.79 Å². The zero-order valence-electron chi connectivity index (χ0n) is 11.0. The summed E-state index contributed by atoms with van der Waals surface area (Å²) in [7, 11) is 0. The van der Waals surface area contributed by atoms with Crippen LogP contribution in [0.2, 0.25) is 0 Å². The number of piperidine rings is 1. The molecule has 0 aliphatic carbocycles. The van der Waals surface area contributed by atoms with Crippen molar-refractivity contribution in [3.05, 3.63) is 35.4 Å². The molecule has 1 aromatic rings. The first-order chi connectivity index (χ1) is 8.25. The van der Waals surface area contributed by atoms with Crippen molar-refractivity contribution in [2.75, 3.05) is 13.1 Å². The van der Waals surface area contributed by atoms with Gasteiger partial charge in [-0.3, -0.25) is 4.79 Å². The number of nitrogens with one attached hydrogen (secondary N) is 1. The van der Waals surface area contributed by atoms with Crippen molar-refractivity contribution in [1.82, 2.24) is 5.32 Å². The van der Waals surface area contributed by atoms with Gasteiger partial charge in [0, 0.05) is 12.0 Å². The maximum atomic E-state index is 11.2. The van der Waals surface area contributed by atoms with Crippen LogP contribution in [0.25, 0.3) is 0 Å². The van der Waals surface area contributed by atoms with Gasteiger partial charge >= 0.3 is 0 Å². The molecule has 2 heteroatoms. The quantitative estimate of drug-likeness (QED) is 0.794. The van der Waals surface area contributed by atoms with Gasteiger partial charge in [0.2, 0.25) is 0 Å². The Morgan fingerprint density at radius 3 is 2.24 bits per heavy atom. The molecular weight excluding hydrogens is 210 g/mol. The average Bonchev–Trinajstić information content (AvgIpc) is 2.41. The van der Waals surface area contributed by atoms with Crippen LogP contribution in [-0.2, 0) is 0 Å². The normalized spacial score (nSPS) is 14.7. The third-order valence-electron chi connectivity index (χ3n) is 2.97. The fraction of sp³-hybridized carbons (Fsp3) is 0.533. The van der Waals surface area contributed by atoms with E-state index < -0.39 is 0 Å². The SMILES string of the molecule is C1CCNCC1.CCC(=O)c1ccccc1C. The van der Waals surface area contributed by atoms with Crippen LogP contribution in [0.1, 0.15) is 48.5 Å². The number of aryl methyl sites for hydroxylation is 1. The van der Waals surface area contributed by atoms with Crippen LogP contribution in [0.5, 0.6) is 0 Å². The Balaban J connectivity index is 0.000000202. The topological polar surface area (TPSA) is 29.1 Å². The molecule has 0 amide bonds. The minimum atomic E-state index is 0.225. The summed E-state index contributed by atoms with van der Waals surface area (Å²) in [6, 6.07) is 7.68. The number of carbonyl (C=O) groups excluding carboxylic acids is 1. The lowest BCUT2D eigenvalue weighted by molar-refractivity contribution is 0.0987. The van der Waals surface area contributed by atoms with E-state index in [-0.39, 0.29) is 5.78 Å². The summed E-state index contributed by atoms with van der Waals surface area (Å²) in [5.74, 6) is 0.225. The Kier molecular flexibility index (Phi) is 6.56. The Morgan fingerprint density at radius 1 is 1.18 bits per heavy atom. The first-order valence-electron chi connectivity index (χ1n) is 6.55. The lowest BCUT2D eigenvalue weighted by Crippen LogP contribution is -2.21. The van der Waals surface area contributed by atoms with Gasteiger partial charge in [-0.15, -0.1) is 0 Å². The summed E-state index contributed by atoms with van der Waals surface area (Å²) < 4.78 is 0. The van der Waals surface area contributed by atoms with Gasteiger partial charge < -0.3 is 5.32 Å². The highest BCUT2D eigenvalue weighted by Crippen LogP contribution is 2.08. The fourth-order valence-corrected chi connectivity index (χ4v) is 1.88. The smallest absolute Gasteiger partial charge is 0.162 e.